The van der Waals surface area contributed by atoms with Gasteiger partial charge in [0.15, 0.2) is 0 Å². The Morgan fingerprint density at radius 2 is 1.83 bits per heavy atom. The molecule has 7 heteroatoms. The van der Waals surface area contributed by atoms with Crippen LogP contribution in [0.15, 0.2) is 24.3 Å². The molecular weight excluding hydrogens is 300 g/mol. The lowest BCUT2D eigenvalue weighted by atomic mass is 10.2. The van der Waals surface area contributed by atoms with Gasteiger partial charge in [0.1, 0.15) is 0 Å². The number of hydrogen-bond acceptors (Lipinski definition) is 7. The number of nitrogens with two attached hydrogens (primary N) is 1. The van der Waals surface area contributed by atoms with Gasteiger partial charge in [-0.25, -0.2) is 9.59 Å². The van der Waals surface area contributed by atoms with Gasteiger partial charge in [-0.3, -0.25) is 0 Å². The summed E-state index contributed by atoms with van der Waals surface area (Å²) in [7, 11) is 0. The van der Waals surface area contributed by atoms with E-state index in [0.717, 1.165) is 5.69 Å². The molecule has 1 aliphatic heterocycles. The van der Waals surface area contributed by atoms with E-state index in [4.69, 9.17) is 10.5 Å². The molecule has 0 saturated heterocycles. The number of para-hydroxylation sites is 1. The third-order valence-electron chi connectivity index (χ3n) is 2.96. The van der Waals surface area contributed by atoms with Crippen molar-refractivity contribution < 1.29 is 23.8 Å². The van der Waals surface area contributed by atoms with Crippen LogP contribution in [0, 0.1) is 0 Å². The first-order valence-electron chi connectivity index (χ1n) is 7.58. The summed E-state index contributed by atoms with van der Waals surface area (Å²) in [5.74, 6) is -1.85. The monoisotopic (exact) mass is 324 g/mol. The van der Waals surface area contributed by atoms with Gasteiger partial charge >= 0.3 is 11.9 Å². The van der Waals surface area contributed by atoms with Gasteiger partial charge in [-0.1, -0.05) is 18.2 Å². The molecular formula is C16H24N2O5. The van der Waals surface area contributed by atoms with E-state index in [1.165, 1.54) is 5.56 Å². The maximum atomic E-state index is 10.4. The predicted octanol–water partition coefficient (Wildman–Crippen LogP) is 1.07. The van der Waals surface area contributed by atoms with Gasteiger partial charge in [-0.15, -0.1) is 0 Å². The van der Waals surface area contributed by atoms with Gasteiger partial charge in [0.05, 0.1) is 32.5 Å². The smallest absolute Gasteiger partial charge is 0.417 e. The van der Waals surface area contributed by atoms with Crippen molar-refractivity contribution in [2.75, 3.05) is 31.7 Å². The second kappa shape index (κ2) is 10.6. The molecule has 1 aliphatic rings. The van der Waals surface area contributed by atoms with Crippen LogP contribution in [0.5, 0.6) is 0 Å². The molecule has 7 nitrogen and oxygen atoms in total. The van der Waals surface area contributed by atoms with Crippen LogP contribution >= 0.6 is 0 Å². The summed E-state index contributed by atoms with van der Waals surface area (Å²) in [4.78, 5) is 20.9. The summed E-state index contributed by atoms with van der Waals surface area (Å²) in [5, 5.41) is 3.36. The lowest BCUT2D eigenvalue weighted by Crippen LogP contribution is -2.32. The van der Waals surface area contributed by atoms with Crippen LogP contribution in [0.4, 0.5) is 5.69 Å². The molecule has 3 N–H and O–H groups in total. The number of rotatable bonds is 3. The standard InChI is InChI=1S/C10H14N2O.C6H10O4/c11-5-9-7-13-6-8-3-1-2-4-10(8)12-9;1-3-9-5(7)6(8)10-4-2/h1-4,9,12H,5-7,11H2;3-4H2,1-2H3. The molecule has 1 aromatic rings. The number of benzene rings is 1. The molecule has 1 unspecified atom stereocenters. The molecule has 2 rings (SSSR count). The minimum absolute atomic E-state index is 0.192. The molecule has 1 aromatic carbocycles. The minimum Gasteiger partial charge on any atom is -0.458 e. The van der Waals surface area contributed by atoms with Crippen LogP contribution in [0.3, 0.4) is 0 Å². The van der Waals surface area contributed by atoms with Crippen molar-refractivity contribution in [3.63, 3.8) is 0 Å². The second-order valence-electron chi connectivity index (χ2n) is 4.69. The SMILES string of the molecule is CCOC(=O)C(=O)OCC.NCC1COCc2ccccc2N1. The first kappa shape index (κ1) is 18.9. The summed E-state index contributed by atoms with van der Waals surface area (Å²) in [5.41, 5.74) is 7.94. The number of nitrogens with one attached hydrogen (secondary N) is 1. The van der Waals surface area contributed by atoms with E-state index in [0.29, 0.717) is 19.8 Å². The van der Waals surface area contributed by atoms with Crippen LogP contribution in [0.25, 0.3) is 0 Å². The Morgan fingerprint density at radius 3 is 2.39 bits per heavy atom. The highest BCUT2D eigenvalue weighted by Gasteiger charge is 2.15. The minimum atomic E-state index is -0.927. The van der Waals surface area contributed by atoms with Crippen molar-refractivity contribution in [2.45, 2.75) is 26.5 Å². The Bertz CT molecular complexity index is 491. The molecule has 0 aromatic heterocycles. The molecule has 23 heavy (non-hydrogen) atoms. The molecule has 0 amide bonds. The number of carbonyl (C=O) groups is 2. The van der Waals surface area contributed by atoms with Gasteiger partial charge in [0, 0.05) is 17.8 Å². The molecule has 0 fully saturated rings. The van der Waals surface area contributed by atoms with Crippen molar-refractivity contribution in [3.8, 4) is 0 Å². The van der Waals surface area contributed by atoms with Gasteiger partial charge < -0.3 is 25.3 Å². The number of ether oxygens (including phenoxy) is 3. The average Bonchev–Trinajstić information content (AvgIpc) is 2.77. The second-order valence-corrected chi connectivity index (χ2v) is 4.69. The zero-order valence-corrected chi connectivity index (χ0v) is 13.5. The summed E-state index contributed by atoms with van der Waals surface area (Å²) >= 11 is 0. The summed E-state index contributed by atoms with van der Waals surface area (Å²) in [6.45, 7) is 5.60. The third kappa shape index (κ3) is 6.66. The van der Waals surface area contributed by atoms with Crippen molar-refractivity contribution in [1.82, 2.24) is 0 Å². The highest BCUT2D eigenvalue weighted by Crippen LogP contribution is 2.19. The Labute approximate surface area is 136 Å². The summed E-state index contributed by atoms with van der Waals surface area (Å²) in [6.07, 6.45) is 0. The first-order valence-corrected chi connectivity index (χ1v) is 7.58. The van der Waals surface area contributed by atoms with Crippen LogP contribution in [0.1, 0.15) is 19.4 Å². The number of esters is 2. The van der Waals surface area contributed by atoms with E-state index in [9.17, 15) is 9.59 Å². The normalized spacial score (nSPS) is 15.9. The lowest BCUT2D eigenvalue weighted by Gasteiger charge is -2.14. The number of fused-ring (bicyclic) bond motifs is 1. The average molecular weight is 324 g/mol. The quantitative estimate of drug-likeness (QED) is 0.633. The van der Waals surface area contributed by atoms with Crippen molar-refractivity contribution in [2.24, 2.45) is 5.73 Å². The predicted molar refractivity (Wildman–Crippen MR) is 85.8 cm³/mol. The fraction of sp³-hybridized carbons (Fsp3) is 0.500. The van der Waals surface area contributed by atoms with E-state index in [2.05, 4.69) is 26.9 Å². The number of hydrogen-bond donors (Lipinski definition) is 2. The van der Waals surface area contributed by atoms with Crippen molar-refractivity contribution in [3.05, 3.63) is 29.8 Å². The molecule has 0 saturated carbocycles. The molecule has 128 valence electrons. The van der Waals surface area contributed by atoms with Crippen LogP contribution in [-0.4, -0.2) is 44.3 Å². The largest absolute Gasteiger partial charge is 0.458 e. The van der Waals surface area contributed by atoms with Crippen molar-refractivity contribution in [1.29, 1.82) is 0 Å². The van der Waals surface area contributed by atoms with Crippen LogP contribution in [-0.2, 0) is 30.4 Å². The summed E-state index contributed by atoms with van der Waals surface area (Å²) in [6, 6.07) is 8.41. The van der Waals surface area contributed by atoms with Gasteiger partial charge in [0.2, 0.25) is 0 Å². The Hall–Kier alpha value is -2.12. The Balaban J connectivity index is 0.000000241. The highest BCUT2D eigenvalue weighted by molar-refractivity contribution is 6.29. The molecule has 1 atom stereocenters. The Morgan fingerprint density at radius 1 is 1.22 bits per heavy atom. The maximum Gasteiger partial charge on any atom is 0.417 e. The van der Waals surface area contributed by atoms with E-state index < -0.39 is 11.9 Å². The zero-order valence-electron chi connectivity index (χ0n) is 13.5. The van der Waals surface area contributed by atoms with Crippen LogP contribution < -0.4 is 11.1 Å². The van der Waals surface area contributed by atoms with Gasteiger partial charge in [-0.2, -0.15) is 0 Å². The highest BCUT2D eigenvalue weighted by atomic mass is 16.6. The number of carbonyl (C=O) groups excluding carboxylic acids is 2. The molecule has 0 radical (unpaired) electrons. The number of anilines is 1. The van der Waals surface area contributed by atoms with Gasteiger partial charge in [-0.05, 0) is 19.9 Å². The molecule has 0 bridgehead atoms. The molecule has 0 aliphatic carbocycles. The topological polar surface area (TPSA) is 99.9 Å². The van der Waals surface area contributed by atoms with E-state index >= 15 is 0 Å². The van der Waals surface area contributed by atoms with Crippen LogP contribution in [0.2, 0.25) is 0 Å². The zero-order chi connectivity index (χ0) is 17.1. The molecule has 1 heterocycles. The van der Waals surface area contributed by atoms with Crippen molar-refractivity contribution >= 4 is 17.6 Å². The summed E-state index contributed by atoms with van der Waals surface area (Å²) < 4.78 is 14.2. The fourth-order valence-corrected chi connectivity index (χ4v) is 1.87. The van der Waals surface area contributed by atoms with Gasteiger partial charge in [0.25, 0.3) is 0 Å². The maximum absolute atomic E-state index is 10.4. The van der Waals surface area contributed by atoms with E-state index in [1.54, 1.807) is 13.8 Å². The first-order chi connectivity index (χ1) is 11.1. The van der Waals surface area contributed by atoms with E-state index in [1.807, 2.05) is 12.1 Å². The lowest BCUT2D eigenvalue weighted by molar-refractivity contribution is -0.167. The third-order valence-corrected chi connectivity index (χ3v) is 2.96. The molecule has 0 spiro atoms. The Kier molecular flexibility index (Phi) is 8.71. The fourth-order valence-electron chi connectivity index (χ4n) is 1.87. The van der Waals surface area contributed by atoms with E-state index in [-0.39, 0.29) is 19.3 Å².